The molecule has 0 saturated heterocycles. The first-order valence-corrected chi connectivity index (χ1v) is 7.98. The van der Waals surface area contributed by atoms with Crippen LogP contribution in [0.5, 0.6) is 0 Å². The van der Waals surface area contributed by atoms with Crippen LogP contribution >= 0.6 is 15.9 Å². The number of ketones is 1. The molecule has 0 aromatic heterocycles. The molecule has 1 aromatic rings. The highest BCUT2D eigenvalue weighted by Crippen LogP contribution is 2.39. The van der Waals surface area contributed by atoms with Gasteiger partial charge >= 0.3 is 0 Å². The summed E-state index contributed by atoms with van der Waals surface area (Å²) in [4.78, 5) is 25.5. The Bertz CT molecular complexity index is 599. The Morgan fingerprint density at radius 3 is 2.71 bits per heavy atom. The minimum Gasteiger partial charge on any atom is -0.396 e. The number of hydrogen-bond donors (Lipinski definition) is 2. The molecular formula is C15H17BrN2O3. The SMILES string of the molecule is O=C1Nc2cc(N(CCCO)C3CCC3)c(Br)cc2C1=O. The average Bonchev–Trinajstić information content (AvgIpc) is 2.67. The van der Waals surface area contributed by atoms with Crippen molar-refractivity contribution in [1.29, 1.82) is 0 Å². The number of benzene rings is 1. The molecule has 6 heteroatoms. The van der Waals surface area contributed by atoms with Crippen molar-refractivity contribution < 1.29 is 14.7 Å². The number of halogens is 1. The molecule has 1 amide bonds. The number of nitrogens with zero attached hydrogens (tertiary/aromatic N) is 1. The van der Waals surface area contributed by atoms with Crippen LogP contribution in [0.2, 0.25) is 0 Å². The number of aliphatic hydroxyl groups is 1. The van der Waals surface area contributed by atoms with E-state index in [9.17, 15) is 9.59 Å². The van der Waals surface area contributed by atoms with Crippen molar-refractivity contribution in [3.63, 3.8) is 0 Å². The third-order valence-corrected chi connectivity index (χ3v) is 4.80. The van der Waals surface area contributed by atoms with Gasteiger partial charge in [0.25, 0.3) is 11.7 Å². The van der Waals surface area contributed by atoms with Crippen LogP contribution in [0.3, 0.4) is 0 Å². The van der Waals surface area contributed by atoms with Crippen LogP contribution in [0.25, 0.3) is 0 Å². The fraction of sp³-hybridized carbons (Fsp3) is 0.467. The van der Waals surface area contributed by atoms with E-state index in [0.717, 1.165) is 29.5 Å². The van der Waals surface area contributed by atoms with Gasteiger partial charge in [0.15, 0.2) is 0 Å². The van der Waals surface area contributed by atoms with Gasteiger partial charge < -0.3 is 15.3 Å². The fourth-order valence-electron chi connectivity index (χ4n) is 2.81. The van der Waals surface area contributed by atoms with Crippen molar-refractivity contribution >= 4 is 39.0 Å². The van der Waals surface area contributed by atoms with Crippen molar-refractivity contribution in [1.82, 2.24) is 0 Å². The fourth-order valence-corrected chi connectivity index (χ4v) is 3.38. The maximum atomic E-state index is 11.7. The third-order valence-electron chi connectivity index (χ3n) is 4.17. The molecule has 1 heterocycles. The number of aliphatic hydroxyl groups excluding tert-OH is 1. The van der Waals surface area contributed by atoms with Gasteiger partial charge in [-0.15, -0.1) is 0 Å². The second-order valence-electron chi connectivity index (χ2n) is 5.49. The summed E-state index contributed by atoms with van der Waals surface area (Å²) >= 11 is 3.52. The van der Waals surface area contributed by atoms with Gasteiger partial charge in [-0.05, 0) is 53.7 Å². The normalized spacial score (nSPS) is 17.4. The Morgan fingerprint density at radius 2 is 2.10 bits per heavy atom. The van der Waals surface area contributed by atoms with Gasteiger partial charge in [0.05, 0.1) is 16.9 Å². The highest BCUT2D eigenvalue weighted by Gasteiger charge is 2.32. The van der Waals surface area contributed by atoms with Crippen LogP contribution in [0.1, 0.15) is 36.0 Å². The lowest BCUT2D eigenvalue weighted by molar-refractivity contribution is -0.112. The lowest BCUT2D eigenvalue weighted by atomic mass is 9.90. The van der Waals surface area contributed by atoms with Crippen LogP contribution in [0.4, 0.5) is 11.4 Å². The minimum atomic E-state index is -0.570. The predicted molar refractivity (Wildman–Crippen MR) is 83.8 cm³/mol. The molecule has 0 spiro atoms. The van der Waals surface area contributed by atoms with Gasteiger partial charge in [-0.3, -0.25) is 9.59 Å². The number of nitrogens with one attached hydrogen (secondary N) is 1. The van der Waals surface area contributed by atoms with E-state index in [1.807, 2.05) is 6.07 Å². The molecule has 1 aliphatic carbocycles. The summed E-state index contributed by atoms with van der Waals surface area (Å²) in [6.07, 6.45) is 4.20. The maximum Gasteiger partial charge on any atom is 0.296 e. The van der Waals surface area contributed by atoms with Crippen molar-refractivity contribution in [3.05, 3.63) is 22.2 Å². The summed E-state index contributed by atoms with van der Waals surface area (Å²) in [5.74, 6) is -1.05. The molecule has 0 atom stereocenters. The molecular weight excluding hydrogens is 336 g/mol. The van der Waals surface area contributed by atoms with Crippen molar-refractivity contribution in [2.45, 2.75) is 31.7 Å². The van der Waals surface area contributed by atoms with Crippen LogP contribution in [0, 0.1) is 0 Å². The van der Waals surface area contributed by atoms with E-state index < -0.39 is 11.7 Å². The highest BCUT2D eigenvalue weighted by molar-refractivity contribution is 9.10. The lowest BCUT2D eigenvalue weighted by Crippen LogP contribution is -2.41. The van der Waals surface area contributed by atoms with Gasteiger partial charge in [-0.1, -0.05) is 0 Å². The number of carbonyl (C=O) groups excluding carboxylic acids is 2. The second-order valence-corrected chi connectivity index (χ2v) is 6.34. The first kappa shape index (κ1) is 14.5. The largest absolute Gasteiger partial charge is 0.396 e. The third kappa shape index (κ3) is 2.58. The van der Waals surface area contributed by atoms with Crippen LogP contribution in [-0.2, 0) is 4.79 Å². The summed E-state index contributed by atoms with van der Waals surface area (Å²) in [5.41, 5.74) is 1.98. The Morgan fingerprint density at radius 1 is 1.33 bits per heavy atom. The van der Waals surface area contributed by atoms with E-state index in [1.54, 1.807) is 6.07 Å². The van der Waals surface area contributed by atoms with E-state index in [2.05, 4.69) is 26.1 Å². The molecule has 0 radical (unpaired) electrons. The molecule has 5 nitrogen and oxygen atoms in total. The Labute approximate surface area is 131 Å². The lowest BCUT2D eigenvalue weighted by Gasteiger charge is -2.40. The Kier molecular flexibility index (Phi) is 3.99. The zero-order chi connectivity index (χ0) is 15.0. The molecule has 2 aliphatic rings. The van der Waals surface area contributed by atoms with Gasteiger partial charge in [-0.25, -0.2) is 0 Å². The first-order chi connectivity index (χ1) is 10.1. The van der Waals surface area contributed by atoms with E-state index in [4.69, 9.17) is 5.11 Å². The average molecular weight is 353 g/mol. The number of carbonyl (C=O) groups is 2. The summed E-state index contributed by atoms with van der Waals surface area (Å²) < 4.78 is 0.816. The molecule has 2 N–H and O–H groups in total. The summed E-state index contributed by atoms with van der Waals surface area (Å²) in [6.45, 7) is 0.918. The predicted octanol–water partition coefficient (Wildman–Crippen LogP) is 2.33. The Hall–Kier alpha value is -1.40. The number of hydrogen-bond acceptors (Lipinski definition) is 4. The summed E-state index contributed by atoms with van der Waals surface area (Å²) in [5, 5.41) is 11.7. The smallest absolute Gasteiger partial charge is 0.296 e. The first-order valence-electron chi connectivity index (χ1n) is 7.18. The zero-order valence-electron chi connectivity index (χ0n) is 11.6. The van der Waals surface area contributed by atoms with Gasteiger partial charge in [0.1, 0.15) is 0 Å². The number of Topliss-reactive ketones (excluding diaryl/α,β-unsaturated/α-hetero) is 1. The number of rotatable bonds is 5. The highest BCUT2D eigenvalue weighted by atomic mass is 79.9. The van der Waals surface area contributed by atoms with E-state index >= 15 is 0 Å². The molecule has 0 bridgehead atoms. The van der Waals surface area contributed by atoms with E-state index in [1.165, 1.54) is 6.42 Å². The molecule has 112 valence electrons. The van der Waals surface area contributed by atoms with Gasteiger partial charge in [0.2, 0.25) is 0 Å². The number of fused-ring (bicyclic) bond motifs is 1. The monoisotopic (exact) mass is 352 g/mol. The van der Waals surface area contributed by atoms with E-state index in [-0.39, 0.29) is 6.61 Å². The van der Waals surface area contributed by atoms with Crippen molar-refractivity contribution in [2.24, 2.45) is 0 Å². The molecule has 1 aliphatic heterocycles. The maximum absolute atomic E-state index is 11.7. The zero-order valence-corrected chi connectivity index (χ0v) is 13.1. The van der Waals surface area contributed by atoms with Crippen LogP contribution < -0.4 is 10.2 Å². The van der Waals surface area contributed by atoms with Gasteiger partial charge in [-0.2, -0.15) is 0 Å². The molecule has 3 rings (SSSR count). The van der Waals surface area contributed by atoms with Gasteiger partial charge in [0, 0.05) is 23.7 Å². The van der Waals surface area contributed by atoms with E-state index in [0.29, 0.717) is 23.7 Å². The molecule has 1 saturated carbocycles. The van der Waals surface area contributed by atoms with Crippen molar-refractivity contribution in [2.75, 3.05) is 23.4 Å². The molecule has 0 unspecified atom stereocenters. The minimum absolute atomic E-state index is 0.154. The quantitative estimate of drug-likeness (QED) is 0.798. The standard InChI is InChI=1S/C15H17BrN2O3/c16-11-7-10-12(17-15(21)14(10)20)8-13(11)18(5-2-6-19)9-3-1-4-9/h7-9,19H,1-6H2,(H,17,20,21). The second kappa shape index (κ2) is 5.77. The number of anilines is 2. The molecule has 1 fully saturated rings. The van der Waals surface area contributed by atoms with Crippen LogP contribution in [-0.4, -0.2) is 36.0 Å². The van der Waals surface area contributed by atoms with Crippen molar-refractivity contribution in [3.8, 4) is 0 Å². The number of amides is 1. The summed E-state index contributed by atoms with van der Waals surface area (Å²) in [7, 11) is 0. The molecule has 1 aromatic carbocycles. The van der Waals surface area contributed by atoms with Crippen LogP contribution in [0.15, 0.2) is 16.6 Å². The topological polar surface area (TPSA) is 69.6 Å². The summed E-state index contributed by atoms with van der Waals surface area (Å²) in [6, 6.07) is 4.05. The Balaban J connectivity index is 1.95. The molecule has 21 heavy (non-hydrogen) atoms.